The highest BCUT2D eigenvalue weighted by Gasteiger charge is 2.88. The lowest BCUT2D eigenvalue weighted by molar-refractivity contribution is -0.169. The van der Waals surface area contributed by atoms with Gasteiger partial charge in [0.2, 0.25) is 5.79 Å². The number of hydrogen-bond acceptors (Lipinski definition) is 6. The minimum atomic E-state index is -1.76. The molecule has 0 spiro atoms. The van der Waals surface area contributed by atoms with Crippen LogP contribution in [0.5, 0.6) is 5.75 Å². The van der Waals surface area contributed by atoms with Crippen LogP contribution in [0.15, 0.2) is 67.3 Å². The van der Waals surface area contributed by atoms with Crippen LogP contribution >= 0.6 is 0 Å². The maximum absolute atomic E-state index is 11.4. The Morgan fingerprint density at radius 2 is 1.83 bits per heavy atom. The Morgan fingerprint density at radius 1 is 1.10 bits per heavy atom. The summed E-state index contributed by atoms with van der Waals surface area (Å²) in [6, 6.07) is 17.0. The number of para-hydroxylation sites is 1. The van der Waals surface area contributed by atoms with Gasteiger partial charge in [0.15, 0.2) is 5.60 Å². The largest absolute Gasteiger partial charge is 0.496 e. The lowest BCUT2D eigenvalue weighted by Crippen LogP contribution is -2.42. The number of hydrogen-bond donors (Lipinski definition) is 2. The molecule has 5 atom stereocenters. The molecule has 1 aliphatic carbocycles. The van der Waals surface area contributed by atoms with Crippen LogP contribution in [0.4, 0.5) is 0 Å². The van der Waals surface area contributed by atoms with Gasteiger partial charge in [-0.05, 0) is 11.6 Å². The van der Waals surface area contributed by atoms with Crippen molar-refractivity contribution in [1.29, 1.82) is 0 Å². The van der Waals surface area contributed by atoms with Crippen molar-refractivity contribution in [3.63, 3.8) is 0 Å². The van der Waals surface area contributed by atoms with Gasteiger partial charge in [-0.15, -0.1) is 6.58 Å². The van der Waals surface area contributed by atoms with Gasteiger partial charge in [-0.1, -0.05) is 54.6 Å². The summed E-state index contributed by atoms with van der Waals surface area (Å²) in [5, 5.41) is 22.5. The molecule has 6 heteroatoms. The first-order valence-corrected chi connectivity index (χ1v) is 9.66. The molecule has 154 valence electrons. The molecule has 0 amide bonds. The molecular formula is C23H26O6. The lowest BCUT2D eigenvalue weighted by Gasteiger charge is -2.26. The van der Waals surface area contributed by atoms with Crippen LogP contribution in [0, 0.1) is 0 Å². The van der Waals surface area contributed by atoms with Gasteiger partial charge < -0.3 is 29.2 Å². The average Bonchev–Trinajstić information content (AvgIpc) is 3.13. The van der Waals surface area contributed by atoms with Crippen LogP contribution in [0.3, 0.4) is 0 Å². The number of aliphatic hydroxyl groups is 2. The van der Waals surface area contributed by atoms with Gasteiger partial charge in [0, 0.05) is 5.56 Å². The molecule has 1 unspecified atom stereocenters. The zero-order valence-electron chi connectivity index (χ0n) is 16.4. The molecule has 0 aromatic heterocycles. The Bertz CT molecular complexity index is 855. The van der Waals surface area contributed by atoms with Crippen LogP contribution in [0.2, 0.25) is 0 Å². The minimum absolute atomic E-state index is 0.181. The van der Waals surface area contributed by atoms with Crippen LogP contribution in [-0.2, 0) is 20.8 Å². The molecule has 2 N–H and O–H groups in total. The van der Waals surface area contributed by atoms with E-state index in [9.17, 15) is 10.2 Å². The molecule has 1 saturated carbocycles. The van der Waals surface area contributed by atoms with Crippen LogP contribution in [0.1, 0.15) is 17.0 Å². The molecule has 1 saturated heterocycles. The van der Waals surface area contributed by atoms with E-state index in [1.54, 1.807) is 19.3 Å². The second-order valence-corrected chi connectivity index (χ2v) is 7.40. The molecule has 0 radical (unpaired) electrons. The molecule has 4 rings (SSSR count). The van der Waals surface area contributed by atoms with E-state index < -0.39 is 29.5 Å². The molecule has 0 bridgehead atoms. The Balaban J connectivity index is 1.51. The van der Waals surface area contributed by atoms with Gasteiger partial charge in [0.25, 0.3) is 0 Å². The maximum Gasteiger partial charge on any atom is 0.209 e. The molecule has 2 fully saturated rings. The van der Waals surface area contributed by atoms with E-state index in [4.69, 9.17) is 18.9 Å². The van der Waals surface area contributed by atoms with E-state index in [2.05, 4.69) is 6.58 Å². The van der Waals surface area contributed by atoms with E-state index >= 15 is 0 Å². The van der Waals surface area contributed by atoms with E-state index in [-0.39, 0.29) is 13.2 Å². The van der Waals surface area contributed by atoms with Crippen molar-refractivity contribution in [2.24, 2.45) is 0 Å². The quantitative estimate of drug-likeness (QED) is 0.632. The fourth-order valence-electron chi connectivity index (χ4n) is 4.29. The summed E-state index contributed by atoms with van der Waals surface area (Å²) < 4.78 is 22.9. The van der Waals surface area contributed by atoms with Crippen molar-refractivity contribution in [3.05, 3.63) is 78.4 Å². The summed E-state index contributed by atoms with van der Waals surface area (Å²) in [5.41, 5.74) is 0.116. The van der Waals surface area contributed by atoms with Crippen molar-refractivity contribution in [1.82, 2.24) is 0 Å². The summed E-state index contributed by atoms with van der Waals surface area (Å²) >= 11 is 0. The molecule has 29 heavy (non-hydrogen) atoms. The number of fused-ring (bicyclic) bond motifs is 1. The monoisotopic (exact) mass is 398 g/mol. The van der Waals surface area contributed by atoms with Gasteiger partial charge in [-0.2, -0.15) is 0 Å². The summed E-state index contributed by atoms with van der Waals surface area (Å²) in [6.07, 6.45) is 0.221. The standard InChI is InChI=1S/C23H26O6/c1-3-13-28-21-19(15-27-14-16-9-5-4-6-10-16)29-23(25)20(22(21,23)24)17-11-7-8-12-18(17)26-2/h3-12,19-21,24-25H,1,13-15H2,2H3/t19-,20?,21-,22-,23+/m1/s1. The van der Waals surface area contributed by atoms with Crippen molar-refractivity contribution < 1.29 is 29.2 Å². The van der Waals surface area contributed by atoms with E-state index in [1.807, 2.05) is 48.5 Å². The van der Waals surface area contributed by atoms with E-state index in [1.165, 1.54) is 0 Å². The molecule has 2 aromatic rings. The first kappa shape index (κ1) is 20.1. The molecule has 2 aromatic carbocycles. The fourth-order valence-corrected chi connectivity index (χ4v) is 4.29. The molecule has 6 nitrogen and oxygen atoms in total. The topological polar surface area (TPSA) is 77.4 Å². The second-order valence-electron chi connectivity index (χ2n) is 7.40. The molecule has 2 aliphatic rings. The SMILES string of the molecule is C=CCO[C@@H]1[C@@H](COCc2ccccc2)O[C@@]2(O)C(c3ccccc3OC)[C@@]12O. The van der Waals surface area contributed by atoms with Crippen molar-refractivity contribution in [3.8, 4) is 5.75 Å². The lowest BCUT2D eigenvalue weighted by atomic mass is 9.99. The van der Waals surface area contributed by atoms with E-state index in [0.717, 1.165) is 5.56 Å². The number of ether oxygens (including phenoxy) is 4. The summed E-state index contributed by atoms with van der Waals surface area (Å²) in [6.45, 7) is 4.48. The fraction of sp³-hybridized carbons (Fsp3) is 0.391. The Labute approximate surface area is 170 Å². The zero-order valence-corrected chi connectivity index (χ0v) is 16.4. The van der Waals surface area contributed by atoms with Crippen molar-refractivity contribution in [2.75, 3.05) is 20.3 Å². The first-order valence-electron chi connectivity index (χ1n) is 9.66. The summed E-state index contributed by atoms with van der Waals surface area (Å²) in [4.78, 5) is 0. The second kappa shape index (κ2) is 7.89. The van der Waals surface area contributed by atoms with Gasteiger partial charge in [0.05, 0.1) is 32.8 Å². The number of benzene rings is 2. The first-order chi connectivity index (χ1) is 14.1. The minimum Gasteiger partial charge on any atom is -0.496 e. The van der Waals surface area contributed by atoms with Crippen molar-refractivity contribution in [2.45, 2.75) is 36.1 Å². The van der Waals surface area contributed by atoms with E-state index in [0.29, 0.717) is 17.9 Å². The summed E-state index contributed by atoms with van der Waals surface area (Å²) in [7, 11) is 1.55. The van der Waals surface area contributed by atoms with Crippen LogP contribution in [-0.4, -0.2) is 54.1 Å². The predicted octanol–water partition coefficient (Wildman–Crippen LogP) is 2.40. The maximum atomic E-state index is 11.4. The molecular weight excluding hydrogens is 372 g/mol. The van der Waals surface area contributed by atoms with Gasteiger partial charge >= 0.3 is 0 Å². The van der Waals surface area contributed by atoms with Crippen LogP contribution in [0.25, 0.3) is 0 Å². The van der Waals surface area contributed by atoms with Gasteiger partial charge in [-0.25, -0.2) is 0 Å². The zero-order chi connectivity index (χ0) is 20.5. The third-order valence-electron chi connectivity index (χ3n) is 5.66. The molecule has 1 aliphatic heterocycles. The highest BCUT2D eigenvalue weighted by Crippen LogP contribution is 2.69. The molecule has 1 heterocycles. The van der Waals surface area contributed by atoms with Crippen LogP contribution < -0.4 is 4.74 Å². The average molecular weight is 398 g/mol. The predicted molar refractivity (Wildman–Crippen MR) is 107 cm³/mol. The Hall–Kier alpha value is -2.22. The Morgan fingerprint density at radius 3 is 2.55 bits per heavy atom. The third kappa shape index (κ3) is 3.27. The van der Waals surface area contributed by atoms with Gasteiger partial charge in [-0.3, -0.25) is 0 Å². The normalized spacial score (nSPS) is 32.6. The number of rotatable bonds is 9. The smallest absolute Gasteiger partial charge is 0.209 e. The van der Waals surface area contributed by atoms with Crippen molar-refractivity contribution >= 4 is 0 Å². The third-order valence-corrected chi connectivity index (χ3v) is 5.66. The van der Waals surface area contributed by atoms with Gasteiger partial charge in [0.1, 0.15) is 18.0 Å². The summed E-state index contributed by atoms with van der Waals surface area (Å²) in [5.74, 6) is -1.85. The number of methoxy groups -OCH3 is 1. The highest BCUT2D eigenvalue weighted by molar-refractivity contribution is 5.50. The highest BCUT2D eigenvalue weighted by atomic mass is 16.7. The Kier molecular flexibility index (Phi) is 5.46.